The van der Waals surface area contributed by atoms with Gasteiger partial charge in [-0.05, 0) is 24.1 Å². The number of nitrogens with one attached hydrogen (secondary N) is 1. The van der Waals surface area contributed by atoms with E-state index in [2.05, 4.69) is 24.1 Å². The number of aliphatic hydroxyl groups excluding tert-OH is 1. The van der Waals surface area contributed by atoms with Crippen LogP contribution in [0.1, 0.15) is 25.8 Å². The third kappa shape index (κ3) is 2.03. The smallest absolute Gasteiger partial charge is 0.0621 e. The van der Waals surface area contributed by atoms with Crippen LogP contribution in [0, 0.1) is 5.41 Å². The van der Waals surface area contributed by atoms with Gasteiger partial charge in [0.2, 0.25) is 0 Å². The van der Waals surface area contributed by atoms with Crippen molar-refractivity contribution in [2.45, 2.75) is 39.0 Å². The first-order chi connectivity index (χ1) is 7.10. The lowest BCUT2D eigenvalue weighted by Crippen LogP contribution is -2.59. The summed E-state index contributed by atoms with van der Waals surface area (Å²) in [5, 5.41) is 13.1. The van der Waals surface area contributed by atoms with Crippen molar-refractivity contribution in [1.29, 1.82) is 0 Å². The van der Waals surface area contributed by atoms with Crippen LogP contribution >= 0.6 is 0 Å². The first-order valence-electron chi connectivity index (χ1n) is 5.41. The van der Waals surface area contributed by atoms with E-state index in [0.29, 0.717) is 6.04 Å². The van der Waals surface area contributed by atoms with Gasteiger partial charge in [0.05, 0.1) is 6.10 Å². The van der Waals surface area contributed by atoms with Crippen LogP contribution in [0.3, 0.4) is 0 Å². The highest BCUT2D eigenvalue weighted by atomic mass is 16.3. The Morgan fingerprint density at radius 2 is 2.13 bits per heavy atom. The van der Waals surface area contributed by atoms with E-state index >= 15 is 0 Å². The van der Waals surface area contributed by atoms with Crippen LogP contribution in [-0.2, 0) is 6.54 Å². The number of aliphatic hydroxyl groups is 1. The Morgan fingerprint density at radius 3 is 2.67 bits per heavy atom. The number of rotatable bonds is 3. The lowest BCUT2D eigenvalue weighted by Gasteiger charge is -2.49. The monoisotopic (exact) mass is 206 g/mol. The van der Waals surface area contributed by atoms with Gasteiger partial charge in [0.15, 0.2) is 0 Å². The second kappa shape index (κ2) is 3.91. The van der Waals surface area contributed by atoms with Gasteiger partial charge >= 0.3 is 0 Å². The van der Waals surface area contributed by atoms with Gasteiger partial charge in [0.25, 0.3) is 0 Å². The summed E-state index contributed by atoms with van der Waals surface area (Å²) in [7, 11) is 0. The van der Waals surface area contributed by atoms with E-state index in [1.54, 1.807) is 12.4 Å². The van der Waals surface area contributed by atoms with E-state index in [0.717, 1.165) is 13.0 Å². The minimum Gasteiger partial charge on any atom is -0.392 e. The highest BCUT2D eigenvalue weighted by molar-refractivity contribution is 5.10. The molecule has 15 heavy (non-hydrogen) atoms. The topological polar surface area (TPSA) is 45.1 Å². The van der Waals surface area contributed by atoms with Crippen molar-refractivity contribution >= 4 is 0 Å². The van der Waals surface area contributed by atoms with Crippen LogP contribution in [-0.4, -0.2) is 22.2 Å². The van der Waals surface area contributed by atoms with Crippen LogP contribution in [0.4, 0.5) is 0 Å². The molecule has 1 aliphatic rings. The molecule has 0 radical (unpaired) electrons. The molecule has 2 rings (SSSR count). The zero-order chi connectivity index (χ0) is 10.9. The van der Waals surface area contributed by atoms with Gasteiger partial charge in [0.1, 0.15) is 0 Å². The molecule has 0 aromatic carbocycles. The fraction of sp³-hybridized carbons (Fsp3) is 0.583. The standard InChI is InChI=1S/C12H18N2O/c1-12(2)10(7-11(12)15)14-8-9-3-5-13-6-4-9/h3-6,10-11,14-15H,7-8H2,1-2H3. The quantitative estimate of drug-likeness (QED) is 0.784. The average molecular weight is 206 g/mol. The predicted molar refractivity (Wildman–Crippen MR) is 59.3 cm³/mol. The van der Waals surface area contributed by atoms with Gasteiger partial charge in [-0.3, -0.25) is 4.98 Å². The molecular formula is C12H18N2O. The summed E-state index contributed by atoms with van der Waals surface area (Å²) in [6.07, 6.45) is 4.31. The number of aromatic nitrogens is 1. The lowest BCUT2D eigenvalue weighted by molar-refractivity contribution is -0.0729. The van der Waals surface area contributed by atoms with Gasteiger partial charge in [-0.25, -0.2) is 0 Å². The van der Waals surface area contributed by atoms with Crippen LogP contribution in [0.2, 0.25) is 0 Å². The van der Waals surface area contributed by atoms with Crippen molar-refractivity contribution in [2.24, 2.45) is 5.41 Å². The summed E-state index contributed by atoms with van der Waals surface area (Å²) in [6.45, 7) is 5.06. The zero-order valence-corrected chi connectivity index (χ0v) is 9.27. The van der Waals surface area contributed by atoms with Crippen LogP contribution in [0.25, 0.3) is 0 Å². The number of hydrogen-bond acceptors (Lipinski definition) is 3. The van der Waals surface area contributed by atoms with Gasteiger partial charge in [-0.2, -0.15) is 0 Å². The lowest BCUT2D eigenvalue weighted by atomic mass is 9.64. The molecular weight excluding hydrogens is 188 g/mol. The van der Waals surface area contributed by atoms with Gasteiger partial charge in [-0.1, -0.05) is 13.8 Å². The van der Waals surface area contributed by atoms with Gasteiger partial charge < -0.3 is 10.4 Å². The van der Waals surface area contributed by atoms with Crippen molar-refractivity contribution in [3.63, 3.8) is 0 Å². The molecule has 1 aromatic heterocycles. The van der Waals surface area contributed by atoms with E-state index in [-0.39, 0.29) is 11.5 Å². The van der Waals surface area contributed by atoms with Crippen molar-refractivity contribution in [1.82, 2.24) is 10.3 Å². The highest BCUT2D eigenvalue weighted by Gasteiger charge is 2.46. The summed E-state index contributed by atoms with van der Waals surface area (Å²) in [6, 6.07) is 4.44. The van der Waals surface area contributed by atoms with E-state index in [1.165, 1.54) is 5.56 Å². The molecule has 2 atom stereocenters. The van der Waals surface area contributed by atoms with Crippen molar-refractivity contribution < 1.29 is 5.11 Å². The molecule has 2 unspecified atom stereocenters. The summed E-state index contributed by atoms with van der Waals surface area (Å²) >= 11 is 0. The van der Waals surface area contributed by atoms with Crippen molar-refractivity contribution in [2.75, 3.05) is 0 Å². The average Bonchev–Trinajstić information content (AvgIpc) is 2.25. The Bertz CT molecular complexity index is 324. The Balaban J connectivity index is 1.85. The molecule has 2 N–H and O–H groups in total. The van der Waals surface area contributed by atoms with Crippen molar-refractivity contribution in [3.05, 3.63) is 30.1 Å². The predicted octanol–water partition coefficient (Wildman–Crippen LogP) is 1.33. The number of nitrogens with zero attached hydrogens (tertiary/aromatic N) is 1. The third-order valence-electron chi connectivity index (χ3n) is 3.52. The van der Waals surface area contributed by atoms with Crippen LogP contribution < -0.4 is 5.32 Å². The minimum absolute atomic E-state index is 0.00697. The Hall–Kier alpha value is -0.930. The molecule has 0 bridgehead atoms. The highest BCUT2D eigenvalue weighted by Crippen LogP contribution is 2.40. The zero-order valence-electron chi connectivity index (χ0n) is 9.27. The molecule has 1 saturated carbocycles. The van der Waals surface area contributed by atoms with E-state index < -0.39 is 0 Å². The van der Waals surface area contributed by atoms with E-state index in [1.807, 2.05) is 12.1 Å². The second-order valence-electron chi connectivity index (χ2n) is 4.86. The van der Waals surface area contributed by atoms with Crippen LogP contribution in [0.15, 0.2) is 24.5 Å². The van der Waals surface area contributed by atoms with E-state index in [4.69, 9.17) is 0 Å². The number of pyridine rings is 1. The summed E-state index contributed by atoms with van der Waals surface area (Å²) in [5.74, 6) is 0. The van der Waals surface area contributed by atoms with Gasteiger partial charge in [0, 0.05) is 30.4 Å². The minimum atomic E-state index is -0.160. The molecule has 0 amide bonds. The molecule has 82 valence electrons. The molecule has 1 fully saturated rings. The van der Waals surface area contributed by atoms with Gasteiger partial charge in [-0.15, -0.1) is 0 Å². The normalized spacial score (nSPS) is 28.5. The molecule has 1 aliphatic carbocycles. The molecule has 1 aromatic rings. The first-order valence-corrected chi connectivity index (χ1v) is 5.41. The largest absolute Gasteiger partial charge is 0.392 e. The SMILES string of the molecule is CC1(C)C(O)CC1NCc1ccncc1. The molecule has 3 nitrogen and oxygen atoms in total. The Morgan fingerprint density at radius 1 is 1.47 bits per heavy atom. The third-order valence-corrected chi connectivity index (χ3v) is 3.52. The molecule has 3 heteroatoms. The maximum absolute atomic E-state index is 9.59. The molecule has 0 aliphatic heterocycles. The Labute approximate surface area is 90.5 Å². The maximum atomic E-state index is 9.59. The van der Waals surface area contributed by atoms with Crippen molar-refractivity contribution in [3.8, 4) is 0 Å². The molecule has 0 spiro atoms. The number of hydrogen-bond donors (Lipinski definition) is 2. The molecule has 0 saturated heterocycles. The summed E-state index contributed by atoms with van der Waals surface area (Å²) < 4.78 is 0. The maximum Gasteiger partial charge on any atom is 0.0621 e. The molecule has 1 heterocycles. The first kappa shape index (κ1) is 10.6. The van der Waals surface area contributed by atoms with Crippen LogP contribution in [0.5, 0.6) is 0 Å². The summed E-state index contributed by atoms with van der Waals surface area (Å²) in [4.78, 5) is 3.98. The second-order valence-corrected chi connectivity index (χ2v) is 4.86. The summed E-state index contributed by atoms with van der Waals surface area (Å²) in [5.41, 5.74) is 1.25. The van der Waals surface area contributed by atoms with E-state index in [9.17, 15) is 5.11 Å². The fourth-order valence-electron chi connectivity index (χ4n) is 1.99. The Kier molecular flexibility index (Phi) is 2.76. The fourth-order valence-corrected chi connectivity index (χ4v) is 1.99.